The number of rotatable bonds is 7. The average molecular weight is 474 g/mol. The predicted molar refractivity (Wildman–Crippen MR) is 114 cm³/mol. The molecule has 1 saturated heterocycles. The summed E-state index contributed by atoms with van der Waals surface area (Å²) >= 11 is 0. The topological polar surface area (TPSA) is 24.5 Å². The van der Waals surface area contributed by atoms with Crippen molar-refractivity contribution in [3.63, 3.8) is 0 Å². The molecule has 2 aromatic rings. The molecule has 0 saturated carbocycles. The monoisotopic (exact) mass is 474 g/mol. The lowest BCUT2D eigenvalue weighted by atomic mass is 9.81. The fraction of sp³-hybridized carbons (Fsp3) is 0.500. The summed E-state index contributed by atoms with van der Waals surface area (Å²) in [5, 5.41) is 3.22. The van der Waals surface area contributed by atoms with Crippen LogP contribution in [0.4, 0.5) is 26.3 Å². The van der Waals surface area contributed by atoms with Gasteiger partial charge in [0, 0.05) is 31.2 Å². The molecule has 9 heteroatoms. The van der Waals surface area contributed by atoms with Gasteiger partial charge in [-0.25, -0.2) is 0 Å². The number of hydrogen-bond acceptors (Lipinski definition) is 3. The molecule has 1 fully saturated rings. The van der Waals surface area contributed by atoms with E-state index in [4.69, 9.17) is 4.74 Å². The first-order valence-corrected chi connectivity index (χ1v) is 10.8. The molecule has 0 spiro atoms. The lowest BCUT2D eigenvalue weighted by Crippen LogP contribution is -2.56. The highest BCUT2D eigenvalue weighted by atomic mass is 19.4. The Balaban J connectivity index is 1.95. The van der Waals surface area contributed by atoms with Crippen LogP contribution in [0.15, 0.2) is 54.6 Å². The number of nitrogens with one attached hydrogen (secondary N) is 1. The number of para-hydroxylation sites is 1. The number of piperidine rings is 1. The highest BCUT2D eigenvalue weighted by molar-refractivity contribution is 5.36. The third-order valence-corrected chi connectivity index (χ3v) is 6.37. The SMILES string of the molecule is COc1ccccc1C(CNCc1ccccc1)N1CC(C(F)(F)F)CC(C(F)(F)F)C1C. The Bertz CT molecular complexity index is 887. The van der Waals surface area contributed by atoms with Gasteiger partial charge in [-0.2, -0.15) is 26.3 Å². The second kappa shape index (κ2) is 10.3. The van der Waals surface area contributed by atoms with Crippen molar-refractivity contribution in [2.45, 2.75) is 44.3 Å². The van der Waals surface area contributed by atoms with Crippen LogP contribution in [0.25, 0.3) is 0 Å². The average Bonchev–Trinajstić information content (AvgIpc) is 2.76. The molecule has 0 radical (unpaired) electrons. The van der Waals surface area contributed by atoms with Crippen LogP contribution in [0.2, 0.25) is 0 Å². The van der Waals surface area contributed by atoms with Crippen LogP contribution >= 0.6 is 0 Å². The van der Waals surface area contributed by atoms with Crippen LogP contribution in [0.3, 0.4) is 0 Å². The summed E-state index contributed by atoms with van der Waals surface area (Å²) in [6, 6.07) is 14.3. The highest BCUT2D eigenvalue weighted by Crippen LogP contribution is 2.47. The molecule has 1 aliphatic heterocycles. The van der Waals surface area contributed by atoms with Crippen molar-refractivity contribution in [2.75, 3.05) is 20.2 Å². The lowest BCUT2D eigenvalue weighted by Gasteiger charge is -2.48. The number of likely N-dealkylation sites (tertiary alicyclic amines) is 1. The Morgan fingerprint density at radius 3 is 2.21 bits per heavy atom. The number of benzene rings is 2. The van der Waals surface area contributed by atoms with Crippen molar-refractivity contribution in [1.82, 2.24) is 10.2 Å². The van der Waals surface area contributed by atoms with Crippen LogP contribution in [-0.2, 0) is 6.54 Å². The summed E-state index contributed by atoms with van der Waals surface area (Å²) < 4.78 is 87.7. The normalized spacial score (nSPS) is 23.3. The minimum Gasteiger partial charge on any atom is -0.496 e. The molecule has 2 aromatic carbocycles. The third-order valence-electron chi connectivity index (χ3n) is 6.37. The van der Waals surface area contributed by atoms with Gasteiger partial charge in [-0.15, -0.1) is 0 Å². The molecule has 4 atom stereocenters. The van der Waals surface area contributed by atoms with Crippen LogP contribution in [0.5, 0.6) is 5.75 Å². The summed E-state index contributed by atoms with van der Waals surface area (Å²) in [5.41, 5.74) is 1.51. The Labute approximate surface area is 189 Å². The molecule has 0 bridgehead atoms. The van der Waals surface area contributed by atoms with Crippen LogP contribution in [0.1, 0.15) is 30.5 Å². The fourth-order valence-corrected chi connectivity index (χ4v) is 4.58. The first-order chi connectivity index (χ1) is 15.5. The van der Waals surface area contributed by atoms with Crippen LogP contribution in [0, 0.1) is 11.8 Å². The zero-order valence-electron chi connectivity index (χ0n) is 18.5. The maximum Gasteiger partial charge on any atom is 0.393 e. The minimum absolute atomic E-state index is 0.161. The van der Waals surface area contributed by atoms with Gasteiger partial charge in [-0.3, -0.25) is 4.90 Å². The highest BCUT2D eigenvalue weighted by Gasteiger charge is 2.55. The minimum atomic E-state index is -4.73. The number of nitrogens with zero attached hydrogens (tertiary/aromatic N) is 1. The molecule has 4 unspecified atom stereocenters. The number of methoxy groups -OCH3 is 1. The smallest absolute Gasteiger partial charge is 0.393 e. The van der Waals surface area contributed by atoms with Crippen molar-refractivity contribution in [3.05, 3.63) is 65.7 Å². The molecule has 3 rings (SSSR count). The predicted octanol–water partition coefficient (Wildman–Crippen LogP) is 5.98. The van der Waals surface area contributed by atoms with E-state index in [9.17, 15) is 26.3 Å². The Kier molecular flexibility index (Phi) is 7.95. The molecule has 182 valence electrons. The van der Waals surface area contributed by atoms with E-state index in [1.165, 1.54) is 18.9 Å². The molecule has 0 amide bonds. The van der Waals surface area contributed by atoms with Gasteiger partial charge in [-0.05, 0) is 25.0 Å². The van der Waals surface area contributed by atoms with Crippen molar-refractivity contribution in [1.29, 1.82) is 0 Å². The third kappa shape index (κ3) is 6.20. The van der Waals surface area contributed by atoms with Crippen LogP contribution < -0.4 is 10.1 Å². The molecule has 1 aliphatic rings. The summed E-state index contributed by atoms with van der Waals surface area (Å²) in [5.74, 6) is -3.72. The van der Waals surface area contributed by atoms with Gasteiger partial charge >= 0.3 is 12.4 Å². The summed E-state index contributed by atoms with van der Waals surface area (Å²) in [6.45, 7) is 1.45. The fourth-order valence-electron chi connectivity index (χ4n) is 4.58. The summed E-state index contributed by atoms with van der Waals surface area (Å²) in [4.78, 5) is 1.34. The second-order valence-electron chi connectivity index (χ2n) is 8.43. The van der Waals surface area contributed by atoms with E-state index >= 15 is 0 Å². The van der Waals surface area contributed by atoms with Crippen molar-refractivity contribution < 1.29 is 31.1 Å². The van der Waals surface area contributed by atoms with Gasteiger partial charge < -0.3 is 10.1 Å². The number of halogens is 6. The standard InChI is InChI=1S/C24H28F6N2O/c1-16-20(24(28,29)30)12-18(23(25,26)27)15-32(16)21(19-10-6-7-11-22(19)33-2)14-31-13-17-8-4-3-5-9-17/h3-11,16,18,20-21,31H,12-15H2,1-2H3. The van der Waals surface area contributed by atoms with Gasteiger partial charge in [0.1, 0.15) is 5.75 Å². The largest absolute Gasteiger partial charge is 0.496 e. The van der Waals surface area contributed by atoms with Crippen LogP contribution in [-0.4, -0.2) is 43.5 Å². The van der Waals surface area contributed by atoms with E-state index in [1.807, 2.05) is 30.3 Å². The Hall–Kier alpha value is -2.26. The molecular formula is C24H28F6N2O. The molecule has 3 nitrogen and oxygen atoms in total. The van der Waals surface area contributed by atoms with E-state index in [0.29, 0.717) is 17.9 Å². The molecule has 1 heterocycles. The maximum absolute atomic E-state index is 13.8. The number of ether oxygens (including phenoxy) is 1. The maximum atomic E-state index is 13.8. The number of alkyl halides is 6. The van der Waals surface area contributed by atoms with Crippen molar-refractivity contribution in [2.24, 2.45) is 11.8 Å². The molecule has 1 N–H and O–H groups in total. The van der Waals surface area contributed by atoms with Crippen molar-refractivity contribution in [3.8, 4) is 5.75 Å². The quantitative estimate of drug-likeness (QED) is 0.500. The van der Waals surface area contributed by atoms with E-state index in [1.54, 1.807) is 24.3 Å². The van der Waals surface area contributed by atoms with Gasteiger partial charge in [0.25, 0.3) is 0 Å². The van der Waals surface area contributed by atoms with E-state index in [2.05, 4.69) is 5.32 Å². The van der Waals surface area contributed by atoms with E-state index in [-0.39, 0.29) is 6.54 Å². The molecule has 33 heavy (non-hydrogen) atoms. The second-order valence-corrected chi connectivity index (χ2v) is 8.43. The Morgan fingerprint density at radius 1 is 0.970 bits per heavy atom. The van der Waals surface area contributed by atoms with Gasteiger partial charge in [-0.1, -0.05) is 48.5 Å². The first-order valence-electron chi connectivity index (χ1n) is 10.8. The molecule has 0 aliphatic carbocycles. The van der Waals surface area contributed by atoms with E-state index < -0.39 is 49.2 Å². The van der Waals surface area contributed by atoms with Gasteiger partial charge in [0.2, 0.25) is 0 Å². The summed E-state index contributed by atoms with van der Waals surface area (Å²) in [6.07, 6.45) is -10.4. The molecule has 0 aromatic heterocycles. The van der Waals surface area contributed by atoms with Gasteiger partial charge in [0.05, 0.1) is 25.0 Å². The summed E-state index contributed by atoms with van der Waals surface area (Å²) in [7, 11) is 1.43. The Morgan fingerprint density at radius 2 is 1.61 bits per heavy atom. The van der Waals surface area contributed by atoms with Crippen molar-refractivity contribution >= 4 is 0 Å². The van der Waals surface area contributed by atoms with E-state index in [0.717, 1.165) is 5.56 Å². The number of hydrogen-bond donors (Lipinski definition) is 1. The lowest BCUT2D eigenvalue weighted by molar-refractivity contribution is -0.245. The zero-order chi connectivity index (χ0) is 24.2. The first kappa shape index (κ1) is 25.4. The zero-order valence-corrected chi connectivity index (χ0v) is 18.5. The van der Waals surface area contributed by atoms with Gasteiger partial charge in [0.15, 0.2) is 0 Å². The molecular weight excluding hydrogens is 446 g/mol.